The molecule has 1 aromatic heterocycles. The summed E-state index contributed by atoms with van der Waals surface area (Å²) in [7, 11) is 0. The van der Waals surface area contributed by atoms with Crippen molar-refractivity contribution in [2.24, 2.45) is 0 Å². The van der Waals surface area contributed by atoms with Crippen LogP contribution in [-0.2, 0) is 0 Å². The molecule has 0 aliphatic carbocycles. The number of hydrogen-bond acceptors (Lipinski definition) is 1. The van der Waals surface area contributed by atoms with E-state index in [1.807, 2.05) is 0 Å². The van der Waals surface area contributed by atoms with E-state index in [0.717, 1.165) is 17.8 Å². The number of halogens is 3. The molecule has 2 rings (SSSR count). The van der Waals surface area contributed by atoms with Crippen LogP contribution < -0.4 is 0 Å². The number of pyridine rings is 1. The molecule has 0 amide bonds. The van der Waals surface area contributed by atoms with Crippen LogP contribution >= 0.6 is 0 Å². The largest absolute Gasteiger partial charge is 0.254 e. The van der Waals surface area contributed by atoms with Crippen LogP contribution in [-0.4, -0.2) is 4.98 Å². The Bertz CT molecular complexity index is 606. The van der Waals surface area contributed by atoms with E-state index in [1.54, 1.807) is 25.1 Å². The van der Waals surface area contributed by atoms with Gasteiger partial charge in [-0.2, -0.15) is 0 Å². The van der Waals surface area contributed by atoms with Gasteiger partial charge in [0, 0.05) is 11.3 Å². The molecule has 0 saturated heterocycles. The third kappa shape index (κ3) is 2.59. The van der Waals surface area contributed by atoms with Crippen molar-refractivity contribution >= 4 is 12.2 Å². The second kappa shape index (κ2) is 5.04. The number of aromatic nitrogens is 1. The highest BCUT2D eigenvalue weighted by Crippen LogP contribution is 2.18. The van der Waals surface area contributed by atoms with Gasteiger partial charge in [0.25, 0.3) is 0 Å². The van der Waals surface area contributed by atoms with Crippen molar-refractivity contribution in [3.05, 3.63) is 64.7 Å². The summed E-state index contributed by atoms with van der Waals surface area (Å²) in [6.07, 6.45) is 2.61. The molecule has 0 aliphatic rings. The summed E-state index contributed by atoms with van der Waals surface area (Å²) in [5.41, 5.74) is 0.939. The molecular formula is C14H10F3N. The fourth-order valence-electron chi connectivity index (χ4n) is 1.52. The Hall–Kier alpha value is -2.10. The minimum atomic E-state index is -1.20. The van der Waals surface area contributed by atoms with E-state index in [9.17, 15) is 13.2 Å². The van der Waals surface area contributed by atoms with Gasteiger partial charge in [0.1, 0.15) is 5.82 Å². The van der Waals surface area contributed by atoms with E-state index < -0.39 is 23.0 Å². The Labute approximate surface area is 103 Å². The van der Waals surface area contributed by atoms with E-state index in [2.05, 4.69) is 4.98 Å². The molecule has 0 N–H and O–H groups in total. The van der Waals surface area contributed by atoms with E-state index in [0.29, 0.717) is 5.69 Å². The zero-order chi connectivity index (χ0) is 13.1. The summed E-state index contributed by atoms with van der Waals surface area (Å²) in [6, 6.07) is 6.92. The molecule has 0 atom stereocenters. The van der Waals surface area contributed by atoms with Gasteiger partial charge in [-0.3, -0.25) is 4.98 Å². The molecule has 4 heteroatoms. The average molecular weight is 249 g/mol. The lowest BCUT2D eigenvalue weighted by atomic mass is 10.1. The van der Waals surface area contributed by atoms with Crippen molar-refractivity contribution in [1.82, 2.24) is 4.98 Å². The summed E-state index contributed by atoms with van der Waals surface area (Å²) >= 11 is 0. The summed E-state index contributed by atoms with van der Waals surface area (Å²) in [6.45, 7) is 1.81. The highest BCUT2D eigenvalue weighted by Gasteiger charge is 2.10. The molecule has 0 aliphatic heterocycles. The summed E-state index contributed by atoms with van der Waals surface area (Å²) in [5, 5.41) is 0. The van der Waals surface area contributed by atoms with Crippen LogP contribution in [0.3, 0.4) is 0 Å². The first-order valence-corrected chi connectivity index (χ1v) is 5.33. The Kier molecular flexibility index (Phi) is 3.46. The first-order valence-electron chi connectivity index (χ1n) is 5.33. The number of benzene rings is 1. The SMILES string of the molecule is Cc1cccc(/C=C/c2c(F)ccc(F)c2F)n1. The first-order chi connectivity index (χ1) is 8.58. The zero-order valence-electron chi connectivity index (χ0n) is 9.62. The van der Waals surface area contributed by atoms with Crippen molar-refractivity contribution in [1.29, 1.82) is 0 Å². The normalized spacial score (nSPS) is 11.1. The second-order valence-corrected chi connectivity index (χ2v) is 3.79. The minimum Gasteiger partial charge on any atom is -0.254 e. The second-order valence-electron chi connectivity index (χ2n) is 3.79. The quantitative estimate of drug-likeness (QED) is 0.734. The standard InChI is InChI=1S/C14H10F3N/c1-9-3-2-4-10(18-9)5-6-11-12(15)7-8-13(16)14(11)17/h2-8H,1H3/b6-5+. The van der Waals surface area contributed by atoms with Gasteiger partial charge in [0.15, 0.2) is 11.6 Å². The van der Waals surface area contributed by atoms with Crippen LogP contribution in [0.25, 0.3) is 12.2 Å². The molecule has 0 unspecified atom stereocenters. The predicted molar refractivity (Wildman–Crippen MR) is 64.2 cm³/mol. The number of hydrogen-bond donors (Lipinski definition) is 0. The molecule has 18 heavy (non-hydrogen) atoms. The van der Waals surface area contributed by atoms with Gasteiger partial charge in [-0.15, -0.1) is 0 Å². The van der Waals surface area contributed by atoms with Crippen molar-refractivity contribution in [2.45, 2.75) is 6.92 Å². The van der Waals surface area contributed by atoms with Gasteiger partial charge in [0.2, 0.25) is 0 Å². The smallest absolute Gasteiger partial charge is 0.168 e. The van der Waals surface area contributed by atoms with Crippen LogP contribution in [0.15, 0.2) is 30.3 Å². The summed E-state index contributed by atoms with van der Waals surface area (Å²) < 4.78 is 39.6. The van der Waals surface area contributed by atoms with E-state index in [1.165, 1.54) is 12.2 Å². The van der Waals surface area contributed by atoms with Crippen molar-refractivity contribution in [3.8, 4) is 0 Å². The number of rotatable bonds is 2. The highest BCUT2D eigenvalue weighted by molar-refractivity contribution is 5.68. The average Bonchev–Trinajstić information content (AvgIpc) is 2.34. The molecule has 1 nitrogen and oxygen atoms in total. The van der Waals surface area contributed by atoms with Gasteiger partial charge in [0.05, 0.1) is 5.69 Å². The molecule has 0 spiro atoms. The third-order valence-corrected chi connectivity index (χ3v) is 2.41. The lowest BCUT2D eigenvalue weighted by molar-refractivity contribution is 0.492. The lowest BCUT2D eigenvalue weighted by Crippen LogP contribution is -1.93. The Balaban J connectivity index is 2.37. The van der Waals surface area contributed by atoms with Crippen LogP contribution in [0.5, 0.6) is 0 Å². The Morgan fingerprint density at radius 3 is 2.39 bits per heavy atom. The molecular weight excluding hydrogens is 239 g/mol. The maximum Gasteiger partial charge on any atom is 0.168 e. The van der Waals surface area contributed by atoms with Crippen LogP contribution in [0.1, 0.15) is 17.0 Å². The monoisotopic (exact) mass is 249 g/mol. The Morgan fingerprint density at radius 1 is 0.944 bits per heavy atom. The summed E-state index contributed by atoms with van der Waals surface area (Å²) in [5.74, 6) is -3.08. The summed E-state index contributed by atoms with van der Waals surface area (Å²) in [4.78, 5) is 4.14. The van der Waals surface area contributed by atoms with Gasteiger partial charge >= 0.3 is 0 Å². The molecule has 1 aromatic carbocycles. The van der Waals surface area contributed by atoms with Crippen LogP contribution in [0.4, 0.5) is 13.2 Å². The van der Waals surface area contributed by atoms with Gasteiger partial charge in [-0.25, -0.2) is 13.2 Å². The maximum absolute atomic E-state index is 13.4. The molecule has 0 fully saturated rings. The zero-order valence-corrected chi connectivity index (χ0v) is 9.62. The van der Waals surface area contributed by atoms with Gasteiger partial charge in [-0.1, -0.05) is 6.07 Å². The Morgan fingerprint density at radius 2 is 1.67 bits per heavy atom. The molecule has 0 saturated carbocycles. The van der Waals surface area contributed by atoms with E-state index in [-0.39, 0.29) is 0 Å². The molecule has 0 bridgehead atoms. The molecule has 92 valence electrons. The molecule has 1 heterocycles. The number of nitrogens with zero attached hydrogens (tertiary/aromatic N) is 1. The number of aryl methyl sites for hydroxylation is 1. The fraction of sp³-hybridized carbons (Fsp3) is 0.0714. The lowest BCUT2D eigenvalue weighted by Gasteiger charge is -2.00. The van der Waals surface area contributed by atoms with Gasteiger partial charge in [-0.05, 0) is 43.3 Å². The van der Waals surface area contributed by atoms with E-state index in [4.69, 9.17) is 0 Å². The predicted octanol–water partition coefficient (Wildman–Crippen LogP) is 3.98. The molecule has 2 aromatic rings. The maximum atomic E-state index is 13.4. The topological polar surface area (TPSA) is 12.9 Å². The minimum absolute atomic E-state index is 0.404. The van der Waals surface area contributed by atoms with E-state index >= 15 is 0 Å². The molecule has 0 radical (unpaired) electrons. The fourth-order valence-corrected chi connectivity index (χ4v) is 1.52. The van der Waals surface area contributed by atoms with Crippen LogP contribution in [0.2, 0.25) is 0 Å². The third-order valence-electron chi connectivity index (χ3n) is 2.41. The van der Waals surface area contributed by atoms with Crippen LogP contribution in [0, 0.1) is 24.4 Å². The first kappa shape index (κ1) is 12.4. The van der Waals surface area contributed by atoms with Crippen molar-refractivity contribution in [3.63, 3.8) is 0 Å². The van der Waals surface area contributed by atoms with Crippen molar-refractivity contribution in [2.75, 3.05) is 0 Å². The van der Waals surface area contributed by atoms with Crippen molar-refractivity contribution < 1.29 is 13.2 Å². The highest BCUT2D eigenvalue weighted by atomic mass is 19.2. The van der Waals surface area contributed by atoms with Gasteiger partial charge < -0.3 is 0 Å².